The number of oxazole rings is 1. The van der Waals surface area contributed by atoms with Crippen LogP contribution in [0, 0.1) is 0 Å². The van der Waals surface area contributed by atoms with E-state index in [2.05, 4.69) is 26.9 Å². The van der Waals surface area contributed by atoms with Crippen LogP contribution in [-0.2, 0) is 6.54 Å². The van der Waals surface area contributed by atoms with Gasteiger partial charge in [-0.25, -0.2) is 4.98 Å². The second kappa shape index (κ2) is 12.2. The number of hydrogen-bond acceptors (Lipinski definition) is 4. The summed E-state index contributed by atoms with van der Waals surface area (Å²) < 4.78 is 5.53. The van der Waals surface area contributed by atoms with Crippen molar-refractivity contribution in [2.45, 2.75) is 19.4 Å². The molecule has 0 amide bonds. The lowest BCUT2D eigenvalue weighted by atomic mass is 10.2. The van der Waals surface area contributed by atoms with Crippen molar-refractivity contribution in [3.8, 4) is 11.5 Å². The number of unbranched alkanes of at least 4 members (excludes halogenated alkanes) is 1. The Labute approximate surface area is 165 Å². The minimum absolute atomic E-state index is 0. The number of thioether (sulfide) groups is 1. The molecule has 0 aliphatic rings. The smallest absolute Gasteiger partial charge is 0.226 e. The first kappa shape index (κ1) is 20.8. The number of aliphatic imine (C=N–C) groups is 1. The molecule has 0 fully saturated rings. The third-order valence-corrected chi connectivity index (χ3v) is 4.00. The molecule has 1 aromatic carbocycles. The molecule has 132 valence electrons. The van der Waals surface area contributed by atoms with Gasteiger partial charge in [0.15, 0.2) is 5.96 Å². The molecule has 0 aliphatic heterocycles. The predicted molar refractivity (Wildman–Crippen MR) is 113 cm³/mol. The molecule has 7 heteroatoms. The van der Waals surface area contributed by atoms with E-state index in [1.54, 1.807) is 13.3 Å². The van der Waals surface area contributed by atoms with E-state index in [-0.39, 0.29) is 24.0 Å². The van der Waals surface area contributed by atoms with Crippen molar-refractivity contribution < 1.29 is 4.42 Å². The Balaban J connectivity index is 0.00000288. The Hall–Kier alpha value is -1.22. The molecule has 2 rings (SSSR count). The van der Waals surface area contributed by atoms with Gasteiger partial charge in [0.25, 0.3) is 0 Å². The Morgan fingerprint density at radius 2 is 2.00 bits per heavy atom. The maximum Gasteiger partial charge on any atom is 0.226 e. The molecule has 0 bridgehead atoms. The van der Waals surface area contributed by atoms with Crippen molar-refractivity contribution in [1.29, 1.82) is 0 Å². The van der Waals surface area contributed by atoms with Gasteiger partial charge in [-0.05, 0) is 37.0 Å². The van der Waals surface area contributed by atoms with Gasteiger partial charge in [0, 0.05) is 19.2 Å². The number of nitrogens with one attached hydrogen (secondary N) is 2. The van der Waals surface area contributed by atoms with E-state index in [1.165, 1.54) is 12.2 Å². The minimum Gasteiger partial charge on any atom is -0.444 e. The molecule has 0 unspecified atom stereocenters. The lowest BCUT2D eigenvalue weighted by molar-refractivity contribution is 0.572. The summed E-state index contributed by atoms with van der Waals surface area (Å²) in [5.41, 5.74) is 1.84. The molecule has 1 heterocycles. The highest BCUT2D eigenvalue weighted by molar-refractivity contribution is 14.0. The second-order valence-electron chi connectivity index (χ2n) is 5.06. The van der Waals surface area contributed by atoms with Crippen molar-refractivity contribution >= 4 is 41.7 Å². The van der Waals surface area contributed by atoms with Gasteiger partial charge in [0.05, 0.1) is 12.2 Å². The van der Waals surface area contributed by atoms with E-state index in [4.69, 9.17) is 4.42 Å². The molecular formula is C17H25IN4OS. The van der Waals surface area contributed by atoms with Gasteiger partial charge in [0.2, 0.25) is 5.89 Å². The summed E-state index contributed by atoms with van der Waals surface area (Å²) in [5.74, 6) is 2.63. The van der Waals surface area contributed by atoms with E-state index in [0.29, 0.717) is 12.4 Å². The van der Waals surface area contributed by atoms with Crippen LogP contribution in [0.25, 0.3) is 11.5 Å². The van der Waals surface area contributed by atoms with Crippen molar-refractivity contribution in [3.63, 3.8) is 0 Å². The first-order valence-corrected chi connectivity index (χ1v) is 9.16. The largest absolute Gasteiger partial charge is 0.444 e. The number of nitrogens with zero attached hydrogens (tertiary/aromatic N) is 2. The average Bonchev–Trinajstić information content (AvgIpc) is 3.07. The van der Waals surface area contributed by atoms with Crippen LogP contribution in [0.1, 0.15) is 18.5 Å². The summed E-state index contributed by atoms with van der Waals surface area (Å²) in [6.45, 7) is 1.51. The summed E-state index contributed by atoms with van der Waals surface area (Å²) in [6, 6.07) is 9.89. The van der Waals surface area contributed by atoms with Gasteiger partial charge in [-0.3, -0.25) is 4.99 Å². The maximum atomic E-state index is 5.53. The van der Waals surface area contributed by atoms with Gasteiger partial charge in [0.1, 0.15) is 6.26 Å². The van der Waals surface area contributed by atoms with Gasteiger partial charge in [-0.15, -0.1) is 24.0 Å². The molecule has 24 heavy (non-hydrogen) atoms. The molecule has 5 nitrogen and oxygen atoms in total. The minimum atomic E-state index is 0. The summed E-state index contributed by atoms with van der Waals surface area (Å²) in [6.07, 6.45) is 6.18. The lowest BCUT2D eigenvalue weighted by Gasteiger charge is -2.10. The summed E-state index contributed by atoms with van der Waals surface area (Å²) in [4.78, 5) is 8.71. The molecule has 0 saturated heterocycles. The third kappa shape index (κ3) is 7.12. The normalized spacial score (nSPS) is 11.0. The van der Waals surface area contributed by atoms with Crippen LogP contribution in [0.2, 0.25) is 0 Å². The molecule has 0 saturated carbocycles. The molecule has 0 radical (unpaired) electrons. The molecule has 0 spiro atoms. The monoisotopic (exact) mass is 460 g/mol. The summed E-state index contributed by atoms with van der Waals surface area (Å²) >= 11 is 1.88. The highest BCUT2D eigenvalue weighted by Crippen LogP contribution is 2.17. The fourth-order valence-corrected chi connectivity index (χ4v) is 2.57. The van der Waals surface area contributed by atoms with Crippen LogP contribution < -0.4 is 10.6 Å². The van der Waals surface area contributed by atoms with Crippen LogP contribution in [-0.4, -0.2) is 36.5 Å². The van der Waals surface area contributed by atoms with E-state index in [0.717, 1.165) is 30.2 Å². The number of hydrogen-bond donors (Lipinski definition) is 2. The zero-order valence-electron chi connectivity index (χ0n) is 14.1. The van der Waals surface area contributed by atoms with E-state index < -0.39 is 0 Å². The molecule has 2 aromatic rings. The van der Waals surface area contributed by atoms with E-state index in [9.17, 15) is 0 Å². The SMILES string of the molecule is CN=C(NCCCCSC)NCc1coc(-c2ccccc2)n1.I. The summed E-state index contributed by atoms with van der Waals surface area (Å²) in [7, 11) is 1.77. The van der Waals surface area contributed by atoms with Crippen LogP contribution >= 0.6 is 35.7 Å². The quantitative estimate of drug-likeness (QED) is 0.272. The zero-order valence-corrected chi connectivity index (χ0v) is 17.3. The molecule has 2 N–H and O–H groups in total. The van der Waals surface area contributed by atoms with Gasteiger partial charge >= 0.3 is 0 Å². The average molecular weight is 460 g/mol. The van der Waals surface area contributed by atoms with Crippen LogP contribution in [0.4, 0.5) is 0 Å². The number of guanidine groups is 1. The Bertz CT molecular complexity index is 604. The Morgan fingerprint density at radius 1 is 1.21 bits per heavy atom. The van der Waals surface area contributed by atoms with Gasteiger partial charge in [-0.1, -0.05) is 18.2 Å². The molecule has 0 aliphatic carbocycles. The van der Waals surface area contributed by atoms with Crippen molar-refractivity contribution in [2.24, 2.45) is 4.99 Å². The summed E-state index contributed by atoms with van der Waals surface area (Å²) in [5, 5.41) is 6.56. The van der Waals surface area contributed by atoms with Crippen molar-refractivity contribution in [1.82, 2.24) is 15.6 Å². The Morgan fingerprint density at radius 3 is 2.71 bits per heavy atom. The van der Waals surface area contributed by atoms with Crippen LogP contribution in [0.15, 0.2) is 46.0 Å². The molecule has 1 aromatic heterocycles. The standard InChI is InChI=1S/C17H24N4OS.HI/c1-18-17(19-10-6-7-11-23-2)20-12-15-13-22-16(21-15)14-8-4-3-5-9-14;/h3-5,8-9,13H,6-7,10-12H2,1-2H3,(H2,18,19,20);1H. The van der Waals surface area contributed by atoms with E-state index >= 15 is 0 Å². The maximum absolute atomic E-state index is 5.53. The number of aromatic nitrogens is 1. The highest BCUT2D eigenvalue weighted by atomic mass is 127. The second-order valence-corrected chi connectivity index (χ2v) is 6.05. The number of rotatable bonds is 8. The van der Waals surface area contributed by atoms with Crippen molar-refractivity contribution in [3.05, 3.63) is 42.3 Å². The first-order chi connectivity index (χ1) is 11.3. The fraction of sp³-hybridized carbons (Fsp3) is 0.412. The van der Waals surface area contributed by atoms with Gasteiger partial charge < -0.3 is 15.1 Å². The first-order valence-electron chi connectivity index (χ1n) is 7.76. The highest BCUT2D eigenvalue weighted by Gasteiger charge is 2.06. The number of halogens is 1. The predicted octanol–water partition coefficient (Wildman–Crippen LogP) is 3.77. The number of benzene rings is 1. The molecular weight excluding hydrogens is 435 g/mol. The molecule has 0 atom stereocenters. The lowest BCUT2D eigenvalue weighted by Crippen LogP contribution is -2.37. The van der Waals surface area contributed by atoms with Crippen molar-refractivity contribution in [2.75, 3.05) is 25.6 Å². The van der Waals surface area contributed by atoms with E-state index in [1.807, 2.05) is 42.1 Å². The fourth-order valence-electron chi connectivity index (χ4n) is 2.07. The third-order valence-electron chi connectivity index (χ3n) is 3.30. The van der Waals surface area contributed by atoms with Gasteiger partial charge in [-0.2, -0.15) is 11.8 Å². The topological polar surface area (TPSA) is 62.5 Å². The zero-order chi connectivity index (χ0) is 16.3. The Kier molecular flexibility index (Phi) is 10.6. The van der Waals surface area contributed by atoms with Crippen LogP contribution in [0.5, 0.6) is 0 Å². The van der Waals surface area contributed by atoms with Crippen LogP contribution in [0.3, 0.4) is 0 Å².